The van der Waals surface area contributed by atoms with Gasteiger partial charge >= 0.3 is 0 Å². The van der Waals surface area contributed by atoms with Crippen LogP contribution in [0.5, 0.6) is 0 Å². The molecule has 9 nitrogen and oxygen atoms in total. The van der Waals surface area contributed by atoms with E-state index in [0.29, 0.717) is 0 Å². The van der Waals surface area contributed by atoms with Gasteiger partial charge in [0.05, 0.1) is 50.0 Å². The van der Waals surface area contributed by atoms with Crippen LogP contribution in [0, 0.1) is 59.7 Å². The Hall–Kier alpha value is -8.43. The molecule has 0 aliphatic rings. The van der Waals surface area contributed by atoms with E-state index in [2.05, 4.69) is 217 Å². The third-order valence-corrected chi connectivity index (χ3v) is 16.0. The van der Waals surface area contributed by atoms with E-state index in [1.807, 2.05) is 49.4 Å². The van der Waals surface area contributed by atoms with E-state index < -0.39 is 0 Å². The molecule has 0 aliphatic heterocycles. The molecular weight excluding hydrogens is 1570 g/mol. The van der Waals surface area contributed by atoms with Crippen molar-refractivity contribution in [3.05, 3.63) is 246 Å². The Kier molecular flexibility index (Phi) is 14.9. The number of imidazole rings is 3. The number of benzene rings is 8. The summed E-state index contributed by atoms with van der Waals surface area (Å²) >= 11 is 0. The summed E-state index contributed by atoms with van der Waals surface area (Å²) in [6, 6.07) is 75.2. The zero-order valence-electron chi connectivity index (χ0n) is 46.5. The maximum Gasteiger partial charge on any atom is 0.0774 e. The molecule has 0 N–H and O–H groups in total. The molecule has 8 aromatic carbocycles. The van der Waals surface area contributed by atoms with Crippen LogP contribution < -0.4 is 0 Å². The van der Waals surface area contributed by atoms with E-state index in [0.717, 1.165) is 121 Å². The van der Waals surface area contributed by atoms with Crippen molar-refractivity contribution >= 4 is 115 Å². The van der Waals surface area contributed by atoms with Gasteiger partial charge in [-0.1, -0.05) is 156 Å². The predicted octanol–water partition coefficient (Wildman–Crippen LogP) is 17.1. The van der Waals surface area contributed by atoms with Gasteiger partial charge in [-0.2, -0.15) is 0 Å². The van der Waals surface area contributed by atoms with E-state index >= 15 is 0 Å². The first-order valence-corrected chi connectivity index (χ1v) is 27.3. The Labute approximate surface area is 524 Å². The van der Waals surface area contributed by atoms with Gasteiger partial charge < -0.3 is 28.2 Å². The number of rotatable bonds is 2. The number of hydrogen-bond acceptors (Lipinski definition) is 6. The standard InChI is InChI=1S/C27H20N3.C26H18N3.C19H12N3.3Ir/c1-16-7-6-8-17(2)25(16)19-12-14-20-24(15-19)30-23-10-5-4-9-22(23)29-27(30)21-13-11-18(3)28-26(20)21;1-16-8-7-9-17(2)24(16)21-15-14-19-25(27-21)18-10-3-5-12-22(18)29-23-13-6-4-11-20(23)28-26(19)29;1-12-6-4-10-16-17(12)18-13(7-5-11-20-18)19-21-14-8-2-3-9-15(14)22(16)19;;;/h4-12,14-15H,1-3H3;3-13,15H,1-2H3;2-6,8-11H,1H3;;;/q3*-1;;;. The van der Waals surface area contributed by atoms with Gasteiger partial charge in [-0.15, -0.1) is 36.4 Å². The molecule has 17 aromatic rings. The van der Waals surface area contributed by atoms with Crippen LogP contribution in [-0.2, 0) is 60.3 Å². The van der Waals surface area contributed by atoms with Gasteiger partial charge in [0.2, 0.25) is 0 Å². The molecule has 9 aromatic heterocycles. The minimum absolute atomic E-state index is 0. The van der Waals surface area contributed by atoms with Crippen molar-refractivity contribution in [2.45, 2.75) is 41.5 Å². The van der Waals surface area contributed by atoms with E-state index in [1.54, 1.807) is 6.20 Å². The van der Waals surface area contributed by atoms with E-state index in [4.69, 9.17) is 24.9 Å². The Morgan fingerprint density at radius 2 is 0.810 bits per heavy atom. The summed E-state index contributed by atoms with van der Waals surface area (Å²) in [5, 5.41) is 6.29. The van der Waals surface area contributed by atoms with Gasteiger partial charge in [-0.25, -0.2) is 0 Å². The fourth-order valence-electron chi connectivity index (χ4n) is 12.4. The van der Waals surface area contributed by atoms with Crippen LogP contribution in [-0.4, -0.2) is 43.1 Å². The van der Waals surface area contributed by atoms with Crippen LogP contribution in [0.1, 0.15) is 33.5 Å². The Bertz CT molecular complexity index is 5430. The molecule has 3 radical (unpaired) electrons. The van der Waals surface area contributed by atoms with Crippen molar-refractivity contribution in [1.82, 2.24) is 43.1 Å². The number of hydrogen-bond donors (Lipinski definition) is 0. The SMILES string of the molecule is Cc1c[c-]c2c(n1)c1ccc(-c3c(C)cccc3C)cc1n1c3ccccc3nc21.Cc1cccc(C)c1-c1c[c-]c2c(n1)c1ccccc1n1c3ccccc3nc21.Cc1cccc2c1c1ncc[c-]c1c1nc3ccccc3n21.[Ir].[Ir].[Ir]. The molecule has 0 atom stereocenters. The number of aryl methyl sites for hydroxylation is 6. The summed E-state index contributed by atoms with van der Waals surface area (Å²) in [6.45, 7) is 12.8. The second-order valence-corrected chi connectivity index (χ2v) is 21.1. The van der Waals surface area contributed by atoms with Crippen LogP contribution in [0.15, 0.2) is 194 Å². The molecule has 0 saturated heterocycles. The van der Waals surface area contributed by atoms with Crippen LogP contribution in [0.4, 0.5) is 0 Å². The van der Waals surface area contributed by atoms with Gasteiger partial charge in [-0.3, -0.25) is 15.0 Å². The summed E-state index contributed by atoms with van der Waals surface area (Å²) in [5.74, 6) is 0. The molecule has 0 amide bonds. The molecule has 0 bridgehead atoms. The van der Waals surface area contributed by atoms with Gasteiger partial charge in [0.1, 0.15) is 0 Å². The Morgan fingerprint density at radius 3 is 1.42 bits per heavy atom. The molecule has 0 aliphatic carbocycles. The Morgan fingerprint density at radius 1 is 0.357 bits per heavy atom. The molecule has 9 heterocycles. The molecule has 413 valence electrons. The van der Waals surface area contributed by atoms with Crippen LogP contribution in [0.2, 0.25) is 0 Å². The molecule has 0 spiro atoms. The number of fused-ring (bicyclic) bond motifs is 24. The van der Waals surface area contributed by atoms with Crippen molar-refractivity contribution in [3.8, 4) is 22.4 Å². The first-order valence-electron chi connectivity index (χ1n) is 27.3. The normalized spacial score (nSPS) is 11.4. The molecule has 17 rings (SSSR count). The average molecular weight is 1620 g/mol. The maximum atomic E-state index is 5.13. The maximum absolute atomic E-state index is 5.13. The van der Waals surface area contributed by atoms with Gasteiger partial charge in [-0.05, 0) is 167 Å². The zero-order valence-corrected chi connectivity index (χ0v) is 53.7. The van der Waals surface area contributed by atoms with Crippen LogP contribution >= 0.6 is 0 Å². The number of aromatic nitrogens is 9. The fourth-order valence-corrected chi connectivity index (χ4v) is 12.4. The summed E-state index contributed by atoms with van der Waals surface area (Å²) in [4.78, 5) is 29.3. The first-order chi connectivity index (χ1) is 39.7. The topological polar surface area (TPSA) is 90.6 Å². The van der Waals surface area contributed by atoms with Crippen molar-refractivity contribution in [3.63, 3.8) is 0 Å². The van der Waals surface area contributed by atoms with Gasteiger partial charge in [0.25, 0.3) is 0 Å². The molecule has 0 unspecified atom stereocenters. The van der Waals surface area contributed by atoms with Crippen molar-refractivity contribution in [2.24, 2.45) is 0 Å². The van der Waals surface area contributed by atoms with Crippen LogP contribution in [0.25, 0.3) is 138 Å². The monoisotopic (exact) mass is 1620 g/mol. The van der Waals surface area contributed by atoms with Crippen LogP contribution in [0.3, 0.4) is 0 Å². The number of para-hydroxylation sites is 7. The smallest absolute Gasteiger partial charge is 0.0774 e. The van der Waals surface area contributed by atoms with Crippen molar-refractivity contribution in [2.75, 3.05) is 0 Å². The van der Waals surface area contributed by atoms with E-state index in [9.17, 15) is 0 Å². The zero-order chi connectivity index (χ0) is 54.6. The molecule has 0 saturated carbocycles. The Balaban J connectivity index is 0.000000123. The van der Waals surface area contributed by atoms with Gasteiger partial charge in [0, 0.05) is 76.9 Å². The van der Waals surface area contributed by atoms with Crippen molar-refractivity contribution in [1.29, 1.82) is 0 Å². The second kappa shape index (κ2) is 22.3. The summed E-state index contributed by atoms with van der Waals surface area (Å²) < 4.78 is 6.71. The summed E-state index contributed by atoms with van der Waals surface area (Å²) in [5.41, 5.74) is 27.1. The third-order valence-electron chi connectivity index (χ3n) is 16.0. The minimum Gasteiger partial charge on any atom is -0.351 e. The number of nitrogens with zero attached hydrogens (tertiary/aromatic N) is 9. The predicted molar refractivity (Wildman–Crippen MR) is 332 cm³/mol. The third kappa shape index (κ3) is 8.99. The quantitative estimate of drug-likeness (QED) is 0.127. The first kappa shape index (κ1) is 56.1. The molecule has 84 heavy (non-hydrogen) atoms. The largest absolute Gasteiger partial charge is 0.351 e. The summed E-state index contributed by atoms with van der Waals surface area (Å²) in [7, 11) is 0. The number of pyridine rings is 6. The fraction of sp³-hybridized carbons (Fsp3) is 0.0833. The molecular formula is C72H50Ir3N9-3. The summed E-state index contributed by atoms with van der Waals surface area (Å²) in [6.07, 6.45) is 1.80. The molecule has 0 fully saturated rings. The van der Waals surface area contributed by atoms with Crippen molar-refractivity contribution < 1.29 is 60.3 Å². The second-order valence-electron chi connectivity index (χ2n) is 21.1. The van der Waals surface area contributed by atoms with Gasteiger partial charge in [0.15, 0.2) is 0 Å². The van der Waals surface area contributed by atoms with E-state index in [-0.39, 0.29) is 60.3 Å². The minimum atomic E-state index is 0. The molecule has 12 heteroatoms. The van der Waals surface area contributed by atoms with E-state index in [1.165, 1.54) is 49.9 Å². The average Bonchev–Trinajstić information content (AvgIpc) is 3.79.